The molecule has 3 nitrogen and oxygen atoms in total. The van der Waals surface area contributed by atoms with E-state index in [0.717, 1.165) is 40.9 Å². The van der Waals surface area contributed by atoms with Crippen molar-refractivity contribution in [2.24, 2.45) is 5.41 Å². The largest absolute Gasteiger partial charge is 0.481 e. The van der Waals surface area contributed by atoms with Crippen LogP contribution < -0.4 is 0 Å². The maximum absolute atomic E-state index is 11.6. The van der Waals surface area contributed by atoms with Gasteiger partial charge in [-0.2, -0.15) is 0 Å². The van der Waals surface area contributed by atoms with Crippen molar-refractivity contribution in [2.75, 3.05) is 0 Å². The minimum absolute atomic E-state index is 0.541. The van der Waals surface area contributed by atoms with Gasteiger partial charge in [-0.25, -0.2) is 4.98 Å². The fourth-order valence-electron chi connectivity index (χ4n) is 2.83. The van der Waals surface area contributed by atoms with Crippen LogP contribution in [0.1, 0.15) is 30.7 Å². The highest BCUT2D eigenvalue weighted by Gasteiger charge is 2.42. The maximum atomic E-state index is 11.6. The summed E-state index contributed by atoms with van der Waals surface area (Å²) in [5, 5.41) is 11.1. The molecule has 2 aromatic rings. The monoisotopic (exact) mass is 295 g/mol. The molecule has 19 heavy (non-hydrogen) atoms. The Bertz CT molecular complexity index is 631. The van der Waals surface area contributed by atoms with E-state index in [0.29, 0.717) is 11.4 Å². The van der Waals surface area contributed by atoms with E-state index in [4.69, 9.17) is 11.6 Å². The van der Waals surface area contributed by atoms with Gasteiger partial charge in [0.1, 0.15) is 0 Å². The van der Waals surface area contributed by atoms with Gasteiger partial charge in [-0.1, -0.05) is 24.4 Å². The van der Waals surface area contributed by atoms with E-state index >= 15 is 0 Å². The van der Waals surface area contributed by atoms with Crippen LogP contribution in [0.5, 0.6) is 0 Å². The second kappa shape index (κ2) is 4.76. The zero-order valence-electron chi connectivity index (χ0n) is 10.4. The highest BCUT2D eigenvalue weighted by molar-refractivity contribution is 7.18. The Morgan fingerprint density at radius 2 is 2.16 bits per heavy atom. The van der Waals surface area contributed by atoms with Crippen LogP contribution in [-0.4, -0.2) is 16.1 Å². The summed E-state index contributed by atoms with van der Waals surface area (Å²) in [5.74, 6) is -0.678. The van der Waals surface area contributed by atoms with Gasteiger partial charge in [0.25, 0.3) is 0 Å². The highest BCUT2D eigenvalue weighted by Crippen LogP contribution is 2.42. The minimum Gasteiger partial charge on any atom is -0.481 e. The molecule has 5 heteroatoms. The molecule has 0 unspecified atom stereocenters. The van der Waals surface area contributed by atoms with E-state index in [1.807, 2.05) is 18.2 Å². The average molecular weight is 296 g/mol. The topological polar surface area (TPSA) is 50.2 Å². The van der Waals surface area contributed by atoms with E-state index in [9.17, 15) is 9.90 Å². The Labute approximate surface area is 120 Å². The van der Waals surface area contributed by atoms with Crippen molar-refractivity contribution >= 4 is 39.1 Å². The summed E-state index contributed by atoms with van der Waals surface area (Å²) in [5.41, 5.74) is 0.306. The van der Waals surface area contributed by atoms with Crippen molar-refractivity contribution in [2.45, 2.75) is 32.1 Å². The number of aliphatic carboxylic acids is 1. The van der Waals surface area contributed by atoms with E-state index < -0.39 is 11.4 Å². The summed E-state index contributed by atoms with van der Waals surface area (Å²) in [6.45, 7) is 0. The van der Waals surface area contributed by atoms with Crippen LogP contribution in [0.25, 0.3) is 10.2 Å². The summed E-state index contributed by atoms with van der Waals surface area (Å²) in [6, 6.07) is 5.59. The zero-order chi connectivity index (χ0) is 13.5. The minimum atomic E-state index is -0.678. The van der Waals surface area contributed by atoms with Crippen LogP contribution in [0, 0.1) is 5.41 Å². The van der Waals surface area contributed by atoms with Crippen LogP contribution in [0.3, 0.4) is 0 Å². The SMILES string of the molecule is O=C(O)C1(Cc2nc3ccc(Cl)cc3s2)CCCC1. The van der Waals surface area contributed by atoms with Crippen molar-refractivity contribution in [3.63, 3.8) is 0 Å². The first-order valence-corrected chi connectivity index (χ1v) is 7.57. The molecule has 100 valence electrons. The molecule has 1 aromatic carbocycles. The number of carboxylic acids is 1. The standard InChI is InChI=1S/C14H14ClNO2S/c15-9-3-4-10-11(7-9)19-12(16-10)8-14(13(17)18)5-1-2-6-14/h3-4,7H,1-2,5-6,8H2,(H,17,18). The molecule has 1 fully saturated rings. The fraction of sp³-hybridized carbons (Fsp3) is 0.429. The predicted octanol–water partition coefficient (Wildman–Crippen LogP) is 4.14. The van der Waals surface area contributed by atoms with Crippen LogP contribution in [0.15, 0.2) is 18.2 Å². The molecule has 1 aromatic heterocycles. The summed E-state index contributed by atoms with van der Waals surface area (Å²) in [6.07, 6.45) is 4.07. The lowest BCUT2D eigenvalue weighted by Crippen LogP contribution is -2.30. The van der Waals surface area contributed by atoms with Gasteiger partial charge in [0, 0.05) is 11.4 Å². The number of thiazole rings is 1. The lowest BCUT2D eigenvalue weighted by molar-refractivity contribution is -0.148. The first-order chi connectivity index (χ1) is 9.09. The van der Waals surface area contributed by atoms with Gasteiger partial charge in [-0.15, -0.1) is 11.3 Å². The predicted molar refractivity (Wildman–Crippen MR) is 76.9 cm³/mol. The van der Waals surface area contributed by atoms with Gasteiger partial charge in [0.05, 0.1) is 20.6 Å². The second-order valence-corrected chi connectivity index (χ2v) is 6.74. The molecular formula is C14H14ClNO2S. The van der Waals surface area contributed by atoms with Crippen LogP contribution in [0.2, 0.25) is 5.02 Å². The molecule has 0 aliphatic heterocycles. The number of benzene rings is 1. The Morgan fingerprint density at radius 3 is 2.84 bits per heavy atom. The normalized spacial score (nSPS) is 17.9. The lowest BCUT2D eigenvalue weighted by atomic mass is 9.83. The van der Waals surface area contributed by atoms with E-state index in [-0.39, 0.29) is 0 Å². The molecular weight excluding hydrogens is 282 g/mol. The number of nitrogens with zero attached hydrogens (tertiary/aromatic N) is 1. The molecule has 1 aliphatic carbocycles. The number of aromatic nitrogens is 1. The number of hydrogen-bond acceptors (Lipinski definition) is 3. The number of hydrogen-bond donors (Lipinski definition) is 1. The summed E-state index contributed by atoms with van der Waals surface area (Å²) < 4.78 is 1.03. The number of fused-ring (bicyclic) bond motifs is 1. The Balaban J connectivity index is 1.94. The molecule has 1 heterocycles. The Kier molecular flexibility index (Phi) is 3.23. The van der Waals surface area contributed by atoms with Gasteiger partial charge >= 0.3 is 5.97 Å². The Hall–Kier alpha value is -1.13. The smallest absolute Gasteiger partial charge is 0.310 e. The third kappa shape index (κ3) is 2.35. The molecule has 1 aliphatic rings. The number of carbonyl (C=O) groups is 1. The molecule has 0 radical (unpaired) electrons. The van der Waals surface area contributed by atoms with Gasteiger partial charge in [0.2, 0.25) is 0 Å². The second-order valence-electron chi connectivity index (χ2n) is 5.19. The van der Waals surface area contributed by atoms with Gasteiger partial charge in [-0.3, -0.25) is 4.79 Å². The molecule has 0 amide bonds. The van der Waals surface area contributed by atoms with Gasteiger partial charge in [0.15, 0.2) is 0 Å². The number of halogens is 1. The average Bonchev–Trinajstić information content (AvgIpc) is 2.96. The first kappa shape index (κ1) is 12.9. The van der Waals surface area contributed by atoms with Crippen LogP contribution in [-0.2, 0) is 11.2 Å². The molecule has 0 saturated heterocycles. The maximum Gasteiger partial charge on any atom is 0.310 e. The highest BCUT2D eigenvalue weighted by atomic mass is 35.5. The van der Waals surface area contributed by atoms with E-state index in [2.05, 4.69) is 4.98 Å². The molecule has 0 spiro atoms. The van der Waals surface area contributed by atoms with Crippen LogP contribution in [0.4, 0.5) is 0 Å². The van der Waals surface area contributed by atoms with Crippen molar-refractivity contribution in [3.05, 3.63) is 28.2 Å². The van der Waals surface area contributed by atoms with Crippen LogP contribution >= 0.6 is 22.9 Å². The lowest BCUT2D eigenvalue weighted by Gasteiger charge is -2.21. The van der Waals surface area contributed by atoms with Crippen molar-refractivity contribution < 1.29 is 9.90 Å². The molecule has 1 N–H and O–H groups in total. The van der Waals surface area contributed by atoms with E-state index in [1.165, 1.54) is 0 Å². The van der Waals surface area contributed by atoms with Gasteiger partial charge < -0.3 is 5.11 Å². The van der Waals surface area contributed by atoms with Crippen molar-refractivity contribution in [3.8, 4) is 0 Å². The first-order valence-electron chi connectivity index (χ1n) is 6.37. The van der Waals surface area contributed by atoms with E-state index in [1.54, 1.807) is 11.3 Å². The fourth-order valence-corrected chi connectivity index (χ4v) is 4.22. The zero-order valence-corrected chi connectivity index (χ0v) is 11.9. The Morgan fingerprint density at radius 1 is 1.42 bits per heavy atom. The third-order valence-electron chi connectivity index (χ3n) is 3.90. The summed E-state index contributed by atoms with van der Waals surface area (Å²) in [4.78, 5) is 16.1. The van der Waals surface area contributed by atoms with Gasteiger partial charge in [-0.05, 0) is 31.0 Å². The number of rotatable bonds is 3. The molecule has 3 rings (SSSR count). The molecule has 0 atom stereocenters. The van der Waals surface area contributed by atoms with Crippen molar-refractivity contribution in [1.29, 1.82) is 0 Å². The molecule has 0 bridgehead atoms. The number of carboxylic acid groups (broad SMARTS) is 1. The molecule has 1 saturated carbocycles. The quantitative estimate of drug-likeness (QED) is 0.926. The summed E-state index contributed by atoms with van der Waals surface area (Å²) >= 11 is 7.52. The summed E-state index contributed by atoms with van der Waals surface area (Å²) in [7, 11) is 0. The third-order valence-corrected chi connectivity index (χ3v) is 5.15. The van der Waals surface area contributed by atoms with Crippen molar-refractivity contribution in [1.82, 2.24) is 4.98 Å².